The number of thiophene rings is 1. The SMILES string of the molecule is CCOc1ccc(CN2CCc3nc4ccsc4c(=O)n3CC2)cc1.Cl. The highest BCUT2D eigenvalue weighted by atomic mass is 35.5. The average molecular weight is 392 g/mol. The van der Waals surface area contributed by atoms with Crippen LogP contribution in [-0.2, 0) is 19.5 Å². The van der Waals surface area contributed by atoms with Gasteiger partial charge in [-0.1, -0.05) is 12.1 Å². The highest BCUT2D eigenvalue weighted by Gasteiger charge is 2.18. The van der Waals surface area contributed by atoms with Gasteiger partial charge in [0.25, 0.3) is 5.56 Å². The quantitative estimate of drug-likeness (QED) is 0.684. The number of fused-ring (bicyclic) bond motifs is 2. The van der Waals surface area contributed by atoms with Gasteiger partial charge in [0, 0.05) is 32.6 Å². The van der Waals surface area contributed by atoms with E-state index in [4.69, 9.17) is 9.72 Å². The van der Waals surface area contributed by atoms with Crippen LogP contribution in [0.3, 0.4) is 0 Å². The fourth-order valence-corrected chi connectivity index (χ4v) is 4.08. The molecule has 0 amide bonds. The third-order valence-corrected chi connectivity index (χ3v) is 5.47. The largest absolute Gasteiger partial charge is 0.494 e. The molecular weight excluding hydrogens is 370 g/mol. The molecule has 0 fully saturated rings. The molecule has 0 aliphatic carbocycles. The van der Waals surface area contributed by atoms with Crippen LogP contribution in [0.4, 0.5) is 0 Å². The number of aromatic nitrogens is 2. The molecule has 1 aliphatic rings. The van der Waals surface area contributed by atoms with Crippen LogP contribution in [0.15, 0.2) is 40.5 Å². The molecule has 2 aromatic heterocycles. The van der Waals surface area contributed by atoms with Gasteiger partial charge in [0.15, 0.2) is 0 Å². The second-order valence-corrected chi connectivity index (χ2v) is 7.14. The maximum absolute atomic E-state index is 12.7. The van der Waals surface area contributed by atoms with Crippen LogP contribution in [0.2, 0.25) is 0 Å². The van der Waals surface area contributed by atoms with E-state index in [1.54, 1.807) is 0 Å². The second-order valence-electron chi connectivity index (χ2n) is 6.22. The summed E-state index contributed by atoms with van der Waals surface area (Å²) < 4.78 is 8.12. The number of hydrogen-bond acceptors (Lipinski definition) is 5. The van der Waals surface area contributed by atoms with Crippen molar-refractivity contribution in [2.45, 2.75) is 26.4 Å². The first-order chi connectivity index (χ1) is 12.2. The lowest BCUT2D eigenvalue weighted by Gasteiger charge is -2.19. The van der Waals surface area contributed by atoms with Crippen LogP contribution in [-0.4, -0.2) is 34.1 Å². The first kappa shape index (κ1) is 18.9. The molecule has 7 heteroatoms. The van der Waals surface area contributed by atoms with Gasteiger partial charge in [0.1, 0.15) is 16.3 Å². The summed E-state index contributed by atoms with van der Waals surface area (Å²) in [4.78, 5) is 19.7. The summed E-state index contributed by atoms with van der Waals surface area (Å²) in [5.41, 5.74) is 2.20. The molecule has 138 valence electrons. The molecule has 0 spiro atoms. The van der Waals surface area contributed by atoms with E-state index in [1.807, 2.05) is 35.1 Å². The van der Waals surface area contributed by atoms with E-state index >= 15 is 0 Å². The van der Waals surface area contributed by atoms with Crippen molar-refractivity contribution in [2.24, 2.45) is 0 Å². The molecule has 0 atom stereocenters. The van der Waals surface area contributed by atoms with Gasteiger partial charge in [0.05, 0.1) is 12.1 Å². The second kappa shape index (κ2) is 8.20. The summed E-state index contributed by atoms with van der Waals surface area (Å²) in [5, 5.41) is 1.94. The lowest BCUT2D eigenvalue weighted by molar-refractivity contribution is 0.271. The Bertz CT molecular complexity index is 936. The monoisotopic (exact) mass is 391 g/mol. The lowest BCUT2D eigenvalue weighted by atomic mass is 10.2. The van der Waals surface area contributed by atoms with E-state index in [0.717, 1.165) is 47.8 Å². The van der Waals surface area contributed by atoms with Gasteiger partial charge in [-0.2, -0.15) is 0 Å². The maximum atomic E-state index is 12.7. The topological polar surface area (TPSA) is 47.4 Å². The Balaban J connectivity index is 0.00000196. The van der Waals surface area contributed by atoms with Crippen molar-refractivity contribution in [2.75, 3.05) is 19.7 Å². The van der Waals surface area contributed by atoms with E-state index in [0.29, 0.717) is 13.2 Å². The number of benzene rings is 1. The van der Waals surface area contributed by atoms with Gasteiger partial charge in [-0.05, 0) is 36.1 Å². The molecule has 0 N–H and O–H groups in total. The number of ether oxygens (including phenoxy) is 1. The molecule has 1 aliphatic heterocycles. The Hall–Kier alpha value is -1.89. The zero-order valence-electron chi connectivity index (χ0n) is 14.7. The summed E-state index contributed by atoms with van der Waals surface area (Å²) in [6.07, 6.45) is 0.804. The number of hydrogen-bond donors (Lipinski definition) is 0. The molecule has 26 heavy (non-hydrogen) atoms. The molecule has 3 heterocycles. The Labute approximate surface area is 162 Å². The van der Waals surface area contributed by atoms with Crippen molar-refractivity contribution in [3.8, 4) is 5.75 Å². The predicted molar refractivity (Wildman–Crippen MR) is 108 cm³/mol. The Morgan fingerprint density at radius 2 is 1.96 bits per heavy atom. The smallest absolute Gasteiger partial charge is 0.271 e. The minimum atomic E-state index is 0. The van der Waals surface area contributed by atoms with Crippen molar-refractivity contribution in [3.05, 3.63) is 57.5 Å². The number of nitrogens with zero attached hydrogens (tertiary/aromatic N) is 3. The van der Waals surface area contributed by atoms with E-state index < -0.39 is 0 Å². The van der Waals surface area contributed by atoms with Crippen LogP contribution in [0, 0.1) is 0 Å². The van der Waals surface area contributed by atoms with E-state index in [-0.39, 0.29) is 18.0 Å². The van der Waals surface area contributed by atoms with Crippen LogP contribution < -0.4 is 10.3 Å². The highest BCUT2D eigenvalue weighted by Crippen LogP contribution is 2.18. The van der Waals surface area contributed by atoms with E-state index in [2.05, 4.69) is 17.0 Å². The minimum absolute atomic E-state index is 0. The van der Waals surface area contributed by atoms with Gasteiger partial charge in [-0.15, -0.1) is 23.7 Å². The van der Waals surface area contributed by atoms with Crippen LogP contribution in [0.5, 0.6) is 5.75 Å². The Morgan fingerprint density at radius 1 is 1.15 bits per heavy atom. The van der Waals surface area contributed by atoms with Gasteiger partial charge in [0.2, 0.25) is 0 Å². The van der Waals surface area contributed by atoms with Crippen molar-refractivity contribution < 1.29 is 4.74 Å². The molecule has 1 aromatic carbocycles. The maximum Gasteiger partial charge on any atom is 0.271 e. The van der Waals surface area contributed by atoms with Crippen molar-refractivity contribution >= 4 is 34.0 Å². The third kappa shape index (κ3) is 3.77. The molecule has 3 aromatic rings. The molecule has 0 radical (unpaired) electrons. The van der Waals surface area contributed by atoms with Crippen LogP contribution in [0.25, 0.3) is 10.2 Å². The molecule has 0 unspecified atom stereocenters. The fourth-order valence-electron chi connectivity index (χ4n) is 3.30. The van der Waals surface area contributed by atoms with Crippen LogP contribution in [0.1, 0.15) is 18.3 Å². The molecule has 5 nitrogen and oxygen atoms in total. The number of rotatable bonds is 4. The average Bonchev–Trinajstić information content (AvgIpc) is 3.00. The van der Waals surface area contributed by atoms with Crippen molar-refractivity contribution in [1.29, 1.82) is 0 Å². The first-order valence-electron chi connectivity index (χ1n) is 8.65. The first-order valence-corrected chi connectivity index (χ1v) is 9.53. The number of halogens is 1. The zero-order valence-corrected chi connectivity index (χ0v) is 16.3. The predicted octanol–water partition coefficient (Wildman–Crippen LogP) is 3.34. The molecule has 0 saturated heterocycles. The van der Waals surface area contributed by atoms with Gasteiger partial charge in [-0.3, -0.25) is 14.3 Å². The standard InChI is InChI=1S/C19H21N3O2S.ClH/c1-2-24-15-5-3-14(4-6-15)13-21-9-7-17-20-16-8-12-25-18(16)19(23)22(17)11-10-21;/h3-6,8,12H,2,7,9-11,13H2,1H3;1H. The minimum Gasteiger partial charge on any atom is -0.494 e. The molecule has 0 saturated carbocycles. The molecular formula is C19H22ClN3O2S. The van der Waals surface area contributed by atoms with Gasteiger partial charge >= 0.3 is 0 Å². The van der Waals surface area contributed by atoms with E-state index in [9.17, 15) is 4.79 Å². The van der Waals surface area contributed by atoms with Crippen molar-refractivity contribution in [3.63, 3.8) is 0 Å². The summed E-state index contributed by atoms with van der Waals surface area (Å²) in [6.45, 7) is 6.02. The lowest BCUT2D eigenvalue weighted by Crippen LogP contribution is -2.28. The highest BCUT2D eigenvalue weighted by molar-refractivity contribution is 7.17. The van der Waals surface area contributed by atoms with Crippen LogP contribution >= 0.6 is 23.7 Å². The summed E-state index contributed by atoms with van der Waals surface area (Å²) >= 11 is 1.48. The fraction of sp³-hybridized carbons (Fsp3) is 0.368. The molecule has 0 bridgehead atoms. The third-order valence-electron chi connectivity index (χ3n) is 4.58. The summed E-state index contributed by atoms with van der Waals surface area (Å²) in [7, 11) is 0. The Morgan fingerprint density at radius 3 is 2.73 bits per heavy atom. The normalized spacial score (nSPS) is 14.5. The van der Waals surface area contributed by atoms with Gasteiger partial charge < -0.3 is 4.74 Å². The van der Waals surface area contributed by atoms with Gasteiger partial charge in [-0.25, -0.2) is 4.98 Å². The summed E-state index contributed by atoms with van der Waals surface area (Å²) in [5.74, 6) is 1.82. The Kier molecular flexibility index (Phi) is 5.96. The van der Waals surface area contributed by atoms with E-state index in [1.165, 1.54) is 16.9 Å². The van der Waals surface area contributed by atoms with Crippen molar-refractivity contribution in [1.82, 2.24) is 14.5 Å². The summed E-state index contributed by atoms with van der Waals surface area (Å²) in [6, 6.07) is 10.2. The molecule has 4 rings (SSSR count). The zero-order chi connectivity index (χ0) is 17.2.